The minimum absolute atomic E-state index is 0.265. The molecule has 2 aromatic rings. The number of benzene rings is 2. The van der Waals surface area contributed by atoms with Gasteiger partial charge in [-0.3, -0.25) is 9.59 Å². The summed E-state index contributed by atoms with van der Waals surface area (Å²) in [6.45, 7) is 3.49. The number of nitrogens with one attached hydrogen (secondary N) is 1. The van der Waals surface area contributed by atoms with Crippen LogP contribution in [0.25, 0.3) is 0 Å². The fourth-order valence-corrected chi connectivity index (χ4v) is 2.88. The molecule has 0 radical (unpaired) electrons. The van der Waals surface area contributed by atoms with Gasteiger partial charge in [0.05, 0.1) is 6.42 Å². The van der Waals surface area contributed by atoms with Gasteiger partial charge in [0.25, 0.3) is 5.91 Å². The molecule has 1 unspecified atom stereocenters. The van der Waals surface area contributed by atoms with E-state index in [-0.39, 0.29) is 18.3 Å². The lowest BCUT2D eigenvalue weighted by atomic mass is 10.2. The van der Waals surface area contributed by atoms with E-state index < -0.39 is 6.10 Å². The molecule has 1 atom stereocenters. The predicted octanol–water partition coefficient (Wildman–Crippen LogP) is 4.05. The van der Waals surface area contributed by atoms with E-state index in [0.717, 1.165) is 16.1 Å². The summed E-state index contributed by atoms with van der Waals surface area (Å²) in [6, 6.07) is 17.3. The summed E-state index contributed by atoms with van der Waals surface area (Å²) >= 11 is 1.59. The molecule has 4 nitrogen and oxygen atoms in total. The standard InChI is InChI=1S/C19H21NO3S/c1-14-8-6-7-11-17(14)20-19(22)15(2)23-18(21)12-13-24-16-9-4-3-5-10-16/h3-11,15H,12-13H2,1-2H3,(H,20,22). The molecular weight excluding hydrogens is 322 g/mol. The number of carbonyl (C=O) groups excluding carboxylic acids is 2. The molecule has 0 aliphatic heterocycles. The van der Waals surface area contributed by atoms with Crippen LogP contribution in [0.5, 0.6) is 0 Å². The van der Waals surface area contributed by atoms with Gasteiger partial charge < -0.3 is 10.1 Å². The Morgan fingerprint density at radius 2 is 1.75 bits per heavy atom. The lowest BCUT2D eigenvalue weighted by Crippen LogP contribution is -2.30. The Morgan fingerprint density at radius 3 is 2.46 bits per heavy atom. The molecule has 24 heavy (non-hydrogen) atoms. The Kier molecular flexibility index (Phi) is 6.88. The zero-order valence-electron chi connectivity index (χ0n) is 13.8. The van der Waals surface area contributed by atoms with Crippen molar-refractivity contribution in [3.8, 4) is 0 Å². The number of ether oxygens (including phenoxy) is 1. The summed E-state index contributed by atoms with van der Waals surface area (Å²) in [7, 11) is 0. The third-order valence-corrected chi connectivity index (χ3v) is 4.41. The van der Waals surface area contributed by atoms with Crippen LogP contribution in [0, 0.1) is 6.92 Å². The summed E-state index contributed by atoms with van der Waals surface area (Å²) in [5.41, 5.74) is 1.69. The summed E-state index contributed by atoms with van der Waals surface area (Å²) < 4.78 is 5.20. The van der Waals surface area contributed by atoms with Gasteiger partial charge in [0.2, 0.25) is 0 Å². The fourth-order valence-electron chi connectivity index (χ4n) is 2.03. The highest BCUT2D eigenvalue weighted by Crippen LogP contribution is 2.18. The van der Waals surface area contributed by atoms with E-state index in [1.165, 1.54) is 0 Å². The van der Waals surface area contributed by atoms with Gasteiger partial charge in [-0.05, 0) is 37.6 Å². The molecule has 126 valence electrons. The molecule has 1 amide bonds. The highest BCUT2D eigenvalue weighted by atomic mass is 32.2. The van der Waals surface area contributed by atoms with Crippen molar-refractivity contribution in [3.63, 3.8) is 0 Å². The molecule has 0 fully saturated rings. The molecule has 0 aliphatic carbocycles. The van der Waals surface area contributed by atoms with Gasteiger partial charge in [0.15, 0.2) is 6.10 Å². The van der Waals surface area contributed by atoms with Gasteiger partial charge in [-0.15, -0.1) is 11.8 Å². The number of esters is 1. The van der Waals surface area contributed by atoms with E-state index in [4.69, 9.17) is 4.74 Å². The fraction of sp³-hybridized carbons (Fsp3) is 0.263. The zero-order chi connectivity index (χ0) is 17.4. The van der Waals surface area contributed by atoms with Gasteiger partial charge in [0.1, 0.15) is 0 Å². The number of thioether (sulfide) groups is 1. The Bertz CT molecular complexity index is 688. The van der Waals surface area contributed by atoms with Crippen molar-refractivity contribution in [2.24, 2.45) is 0 Å². The molecule has 2 rings (SSSR count). The number of carbonyl (C=O) groups is 2. The number of amides is 1. The van der Waals surface area contributed by atoms with Gasteiger partial charge in [-0.2, -0.15) is 0 Å². The van der Waals surface area contributed by atoms with Crippen LogP contribution in [0.1, 0.15) is 18.9 Å². The topological polar surface area (TPSA) is 55.4 Å². The van der Waals surface area contributed by atoms with Crippen LogP contribution >= 0.6 is 11.8 Å². The van der Waals surface area contributed by atoms with Crippen molar-refractivity contribution in [1.82, 2.24) is 0 Å². The van der Waals surface area contributed by atoms with Gasteiger partial charge in [-0.25, -0.2) is 0 Å². The summed E-state index contributed by atoms with van der Waals surface area (Å²) in [6.07, 6.45) is -0.555. The van der Waals surface area contributed by atoms with E-state index in [0.29, 0.717) is 5.75 Å². The Morgan fingerprint density at radius 1 is 1.08 bits per heavy atom. The first kappa shape index (κ1) is 18.1. The van der Waals surface area contributed by atoms with E-state index in [9.17, 15) is 9.59 Å². The largest absolute Gasteiger partial charge is 0.453 e. The molecule has 0 bridgehead atoms. The number of anilines is 1. The highest BCUT2D eigenvalue weighted by molar-refractivity contribution is 7.99. The third kappa shape index (κ3) is 5.74. The van der Waals surface area contributed by atoms with Crippen LogP contribution in [0.15, 0.2) is 59.5 Å². The lowest BCUT2D eigenvalue weighted by molar-refractivity contribution is -0.152. The quantitative estimate of drug-likeness (QED) is 0.609. The Hall–Kier alpha value is -2.27. The SMILES string of the molecule is Cc1ccccc1NC(=O)C(C)OC(=O)CCSc1ccccc1. The van der Waals surface area contributed by atoms with Crippen molar-refractivity contribution in [2.45, 2.75) is 31.3 Å². The molecule has 5 heteroatoms. The van der Waals surface area contributed by atoms with Crippen LogP contribution in [-0.2, 0) is 14.3 Å². The molecule has 0 aromatic heterocycles. The molecule has 2 aromatic carbocycles. The van der Waals surface area contributed by atoms with Crippen LogP contribution in [0.3, 0.4) is 0 Å². The highest BCUT2D eigenvalue weighted by Gasteiger charge is 2.18. The molecule has 0 saturated heterocycles. The second-order valence-corrected chi connectivity index (χ2v) is 6.52. The minimum Gasteiger partial charge on any atom is -0.453 e. The normalized spacial score (nSPS) is 11.6. The van der Waals surface area contributed by atoms with Crippen molar-refractivity contribution >= 4 is 29.3 Å². The number of para-hydroxylation sites is 1. The van der Waals surface area contributed by atoms with Crippen LogP contribution in [-0.4, -0.2) is 23.7 Å². The van der Waals surface area contributed by atoms with Gasteiger partial charge in [-0.1, -0.05) is 36.4 Å². The number of hydrogen-bond donors (Lipinski definition) is 1. The second kappa shape index (κ2) is 9.13. The number of aryl methyl sites for hydroxylation is 1. The average Bonchev–Trinajstić information content (AvgIpc) is 2.57. The number of rotatable bonds is 7. The molecule has 0 saturated carbocycles. The van der Waals surface area contributed by atoms with Crippen LogP contribution in [0.4, 0.5) is 5.69 Å². The molecule has 1 N–H and O–H groups in total. The maximum Gasteiger partial charge on any atom is 0.307 e. The average molecular weight is 343 g/mol. The smallest absolute Gasteiger partial charge is 0.307 e. The van der Waals surface area contributed by atoms with E-state index in [2.05, 4.69) is 5.32 Å². The summed E-state index contributed by atoms with van der Waals surface area (Å²) in [5.74, 6) is -0.0751. The van der Waals surface area contributed by atoms with E-state index >= 15 is 0 Å². The summed E-state index contributed by atoms with van der Waals surface area (Å²) in [5, 5.41) is 2.78. The van der Waals surface area contributed by atoms with E-state index in [1.807, 2.05) is 61.5 Å². The lowest BCUT2D eigenvalue weighted by Gasteiger charge is -2.14. The molecule has 0 aliphatic rings. The maximum absolute atomic E-state index is 12.1. The van der Waals surface area contributed by atoms with Crippen LogP contribution < -0.4 is 5.32 Å². The van der Waals surface area contributed by atoms with Crippen molar-refractivity contribution in [2.75, 3.05) is 11.1 Å². The first-order chi connectivity index (χ1) is 11.6. The van der Waals surface area contributed by atoms with Gasteiger partial charge in [0, 0.05) is 16.3 Å². The van der Waals surface area contributed by atoms with Crippen molar-refractivity contribution in [3.05, 3.63) is 60.2 Å². The molecular formula is C19H21NO3S. The van der Waals surface area contributed by atoms with E-state index in [1.54, 1.807) is 18.7 Å². The number of hydrogen-bond acceptors (Lipinski definition) is 4. The predicted molar refractivity (Wildman–Crippen MR) is 97.1 cm³/mol. The van der Waals surface area contributed by atoms with Crippen molar-refractivity contribution < 1.29 is 14.3 Å². The Labute approximate surface area is 146 Å². The van der Waals surface area contributed by atoms with Gasteiger partial charge >= 0.3 is 5.97 Å². The van der Waals surface area contributed by atoms with Crippen molar-refractivity contribution in [1.29, 1.82) is 0 Å². The monoisotopic (exact) mass is 343 g/mol. The third-order valence-electron chi connectivity index (χ3n) is 3.40. The maximum atomic E-state index is 12.1. The molecule has 0 heterocycles. The zero-order valence-corrected chi connectivity index (χ0v) is 14.6. The first-order valence-corrected chi connectivity index (χ1v) is 8.78. The second-order valence-electron chi connectivity index (χ2n) is 5.35. The Balaban J connectivity index is 1.74. The minimum atomic E-state index is -0.821. The van der Waals surface area contributed by atoms with Crippen LogP contribution in [0.2, 0.25) is 0 Å². The molecule has 0 spiro atoms. The summed E-state index contributed by atoms with van der Waals surface area (Å²) in [4.78, 5) is 25.1. The first-order valence-electron chi connectivity index (χ1n) is 7.80.